The first-order valence-electron chi connectivity index (χ1n) is 8.21. The van der Waals surface area contributed by atoms with Crippen molar-refractivity contribution in [1.82, 2.24) is 0 Å². The van der Waals surface area contributed by atoms with Crippen molar-refractivity contribution in [3.05, 3.63) is 28.3 Å². The molecule has 0 saturated carbocycles. The largest absolute Gasteiger partial charge is 0.478 e. The van der Waals surface area contributed by atoms with Gasteiger partial charge in [0, 0.05) is 12.1 Å². The fourth-order valence-electron chi connectivity index (χ4n) is 2.52. The molecule has 1 aromatic carbocycles. The van der Waals surface area contributed by atoms with Gasteiger partial charge in [-0.15, -0.1) is 0 Å². The van der Waals surface area contributed by atoms with Crippen molar-refractivity contribution < 1.29 is 24.0 Å². The molecule has 2 atom stereocenters. The molecule has 136 valence electrons. The Bertz CT molecular complexity index is 688. The maximum atomic E-state index is 12.7. The number of nitro benzene ring substituents is 1. The lowest BCUT2D eigenvalue weighted by molar-refractivity contribution is -0.384. The minimum absolute atomic E-state index is 0.160. The van der Waals surface area contributed by atoms with E-state index in [9.17, 15) is 19.7 Å². The summed E-state index contributed by atoms with van der Waals surface area (Å²) in [6, 6.07) is 3.08. The number of fused-ring (bicyclic) bond motifs is 1. The average molecular weight is 350 g/mol. The molecule has 1 amide bonds. The van der Waals surface area contributed by atoms with Gasteiger partial charge >= 0.3 is 5.97 Å². The molecule has 1 aromatic rings. The Morgan fingerprint density at radius 2 is 2.08 bits per heavy atom. The first kappa shape index (κ1) is 18.7. The number of ether oxygens (including phenoxy) is 2. The van der Waals surface area contributed by atoms with Gasteiger partial charge in [0.15, 0.2) is 6.10 Å². The number of hydrogen-bond acceptors (Lipinski definition) is 6. The zero-order chi connectivity index (χ0) is 18.7. The summed E-state index contributed by atoms with van der Waals surface area (Å²) in [5, 5.41) is 11.0. The molecule has 8 nitrogen and oxygen atoms in total. The van der Waals surface area contributed by atoms with Crippen molar-refractivity contribution in [3.63, 3.8) is 0 Å². The van der Waals surface area contributed by atoms with Crippen LogP contribution in [0.1, 0.15) is 34.1 Å². The number of nitrogens with zero attached hydrogens (tertiary/aromatic N) is 2. The van der Waals surface area contributed by atoms with Crippen LogP contribution in [-0.2, 0) is 14.3 Å². The summed E-state index contributed by atoms with van der Waals surface area (Å²) in [5.74, 6) is -0.477. The smallest absolute Gasteiger partial charge is 0.328 e. The Hall–Kier alpha value is -2.64. The summed E-state index contributed by atoms with van der Waals surface area (Å²) < 4.78 is 10.8. The molecule has 0 bridgehead atoms. The summed E-state index contributed by atoms with van der Waals surface area (Å²) >= 11 is 0. The van der Waals surface area contributed by atoms with Crippen LogP contribution in [-0.4, -0.2) is 35.6 Å². The number of amides is 1. The van der Waals surface area contributed by atoms with Crippen molar-refractivity contribution in [1.29, 1.82) is 0 Å². The third-order valence-corrected chi connectivity index (χ3v) is 3.85. The highest BCUT2D eigenvalue weighted by atomic mass is 16.6. The van der Waals surface area contributed by atoms with E-state index in [0.717, 1.165) is 0 Å². The lowest BCUT2D eigenvalue weighted by Crippen LogP contribution is -2.52. The Labute approximate surface area is 145 Å². The molecule has 0 spiro atoms. The second kappa shape index (κ2) is 7.50. The molecule has 2 unspecified atom stereocenters. The van der Waals surface area contributed by atoms with Crippen LogP contribution in [0.5, 0.6) is 5.75 Å². The van der Waals surface area contributed by atoms with E-state index in [4.69, 9.17) is 9.47 Å². The molecule has 0 fully saturated rings. The van der Waals surface area contributed by atoms with E-state index >= 15 is 0 Å². The van der Waals surface area contributed by atoms with Crippen LogP contribution in [0.25, 0.3) is 0 Å². The SMILES string of the molecule is CCC1Oc2ccc([N+](=O)[O-])cc2N(C(C)C(=O)OCC(C)C)C1=O. The van der Waals surface area contributed by atoms with Gasteiger partial charge in [0.1, 0.15) is 11.8 Å². The number of non-ortho nitro benzene ring substituents is 1. The fourth-order valence-corrected chi connectivity index (χ4v) is 2.52. The molecule has 0 aliphatic carbocycles. The molecule has 1 aliphatic rings. The number of rotatable bonds is 6. The third-order valence-electron chi connectivity index (χ3n) is 3.85. The van der Waals surface area contributed by atoms with E-state index in [0.29, 0.717) is 12.2 Å². The van der Waals surface area contributed by atoms with E-state index in [1.807, 2.05) is 13.8 Å². The lowest BCUT2D eigenvalue weighted by atomic mass is 10.1. The number of esters is 1. The van der Waals surface area contributed by atoms with Crippen LogP contribution in [0.4, 0.5) is 11.4 Å². The van der Waals surface area contributed by atoms with Crippen molar-refractivity contribution in [2.45, 2.75) is 46.3 Å². The normalized spacial score (nSPS) is 17.7. The second-order valence-electron chi connectivity index (χ2n) is 6.33. The third kappa shape index (κ3) is 3.89. The van der Waals surface area contributed by atoms with Crippen molar-refractivity contribution in [3.8, 4) is 5.75 Å². The number of carbonyl (C=O) groups is 2. The number of benzene rings is 1. The quantitative estimate of drug-likeness (QED) is 0.444. The van der Waals surface area contributed by atoms with Gasteiger partial charge in [0.05, 0.1) is 17.2 Å². The summed E-state index contributed by atoms with van der Waals surface area (Å²) in [4.78, 5) is 36.8. The van der Waals surface area contributed by atoms with Crippen LogP contribution >= 0.6 is 0 Å². The maximum Gasteiger partial charge on any atom is 0.328 e. The van der Waals surface area contributed by atoms with E-state index in [-0.39, 0.29) is 23.9 Å². The van der Waals surface area contributed by atoms with Crippen LogP contribution in [0.3, 0.4) is 0 Å². The van der Waals surface area contributed by atoms with Crippen molar-refractivity contribution in [2.75, 3.05) is 11.5 Å². The Morgan fingerprint density at radius 1 is 1.40 bits per heavy atom. The Morgan fingerprint density at radius 3 is 2.64 bits per heavy atom. The molecule has 8 heteroatoms. The lowest BCUT2D eigenvalue weighted by Gasteiger charge is -2.36. The van der Waals surface area contributed by atoms with Crippen molar-refractivity contribution in [2.24, 2.45) is 5.92 Å². The maximum absolute atomic E-state index is 12.7. The molecule has 0 aromatic heterocycles. The monoisotopic (exact) mass is 350 g/mol. The van der Waals surface area contributed by atoms with Gasteiger partial charge in [0.2, 0.25) is 0 Å². The number of carbonyl (C=O) groups excluding carboxylic acids is 2. The van der Waals surface area contributed by atoms with Crippen LogP contribution in [0.15, 0.2) is 18.2 Å². The van der Waals surface area contributed by atoms with E-state index in [1.54, 1.807) is 13.8 Å². The zero-order valence-corrected chi connectivity index (χ0v) is 14.7. The minimum atomic E-state index is -0.912. The molecule has 0 saturated heterocycles. The summed E-state index contributed by atoms with van der Waals surface area (Å²) in [5.41, 5.74) is 0.0238. The molecule has 0 N–H and O–H groups in total. The standard InChI is InChI=1S/C17H22N2O6/c1-5-14-16(20)18(11(4)17(21)24-9-10(2)3)13-8-12(19(22)23)6-7-15(13)25-14/h6-8,10-11,14H,5,9H2,1-4H3. The molecule has 1 heterocycles. The summed E-state index contributed by atoms with van der Waals surface area (Å²) in [6.45, 7) is 7.38. The van der Waals surface area contributed by atoms with Gasteiger partial charge in [-0.3, -0.25) is 19.8 Å². The van der Waals surface area contributed by atoms with Gasteiger partial charge in [-0.05, 0) is 25.3 Å². The minimum Gasteiger partial charge on any atom is -0.478 e. The Balaban J connectivity index is 2.40. The molecule has 25 heavy (non-hydrogen) atoms. The highest BCUT2D eigenvalue weighted by molar-refractivity contribution is 6.04. The summed E-state index contributed by atoms with van der Waals surface area (Å²) in [6.07, 6.45) is -0.325. The van der Waals surface area contributed by atoms with E-state index in [2.05, 4.69) is 0 Å². The highest BCUT2D eigenvalue weighted by Gasteiger charge is 2.39. The molecule has 1 aliphatic heterocycles. The topological polar surface area (TPSA) is 99.0 Å². The fraction of sp³-hybridized carbons (Fsp3) is 0.529. The van der Waals surface area contributed by atoms with Gasteiger partial charge < -0.3 is 9.47 Å². The average Bonchev–Trinajstić information content (AvgIpc) is 2.57. The predicted octanol–water partition coefficient (Wildman–Crippen LogP) is 2.69. The molecular weight excluding hydrogens is 328 g/mol. The molecule has 0 radical (unpaired) electrons. The van der Waals surface area contributed by atoms with Crippen LogP contribution in [0.2, 0.25) is 0 Å². The van der Waals surface area contributed by atoms with E-state index in [1.165, 1.54) is 23.1 Å². The van der Waals surface area contributed by atoms with Crippen molar-refractivity contribution >= 4 is 23.3 Å². The highest BCUT2D eigenvalue weighted by Crippen LogP contribution is 2.38. The van der Waals surface area contributed by atoms with Gasteiger partial charge in [-0.1, -0.05) is 20.8 Å². The number of hydrogen-bond donors (Lipinski definition) is 0. The van der Waals surface area contributed by atoms with Crippen LogP contribution < -0.4 is 9.64 Å². The first-order valence-corrected chi connectivity index (χ1v) is 8.21. The first-order chi connectivity index (χ1) is 11.8. The number of nitro groups is 1. The van der Waals surface area contributed by atoms with Gasteiger partial charge in [-0.2, -0.15) is 0 Å². The zero-order valence-electron chi connectivity index (χ0n) is 14.7. The molecule has 2 rings (SSSR count). The Kier molecular flexibility index (Phi) is 5.61. The predicted molar refractivity (Wildman–Crippen MR) is 90.5 cm³/mol. The van der Waals surface area contributed by atoms with Crippen LogP contribution in [0, 0.1) is 16.0 Å². The molecular formula is C17H22N2O6. The second-order valence-corrected chi connectivity index (χ2v) is 6.33. The number of anilines is 1. The van der Waals surface area contributed by atoms with E-state index < -0.39 is 28.9 Å². The van der Waals surface area contributed by atoms with Gasteiger partial charge in [0.25, 0.3) is 11.6 Å². The van der Waals surface area contributed by atoms with Gasteiger partial charge in [-0.25, -0.2) is 4.79 Å². The summed E-state index contributed by atoms with van der Waals surface area (Å²) in [7, 11) is 0.